The van der Waals surface area contributed by atoms with Crippen LogP contribution in [-0.4, -0.2) is 15.7 Å². The Morgan fingerprint density at radius 1 is 1.39 bits per heavy atom. The first-order valence-electron chi connectivity index (χ1n) is 5.69. The fourth-order valence-electron chi connectivity index (χ4n) is 1.66. The molecule has 0 saturated heterocycles. The Bertz CT molecular complexity index is 557. The molecular formula is C13H16N4O. The van der Waals surface area contributed by atoms with E-state index in [9.17, 15) is 4.79 Å². The second-order valence-corrected chi connectivity index (χ2v) is 4.27. The van der Waals surface area contributed by atoms with Gasteiger partial charge in [-0.3, -0.25) is 9.48 Å². The van der Waals surface area contributed by atoms with Gasteiger partial charge in [-0.05, 0) is 12.5 Å². The Morgan fingerprint density at radius 2 is 2.06 bits per heavy atom. The number of benzene rings is 1. The zero-order valence-electron chi connectivity index (χ0n) is 10.5. The molecule has 0 fully saturated rings. The van der Waals surface area contributed by atoms with Gasteiger partial charge in [0.05, 0.1) is 5.69 Å². The van der Waals surface area contributed by atoms with Gasteiger partial charge in [0, 0.05) is 19.8 Å². The molecule has 0 unspecified atom stereocenters. The summed E-state index contributed by atoms with van der Waals surface area (Å²) in [6, 6.07) is 7.99. The van der Waals surface area contributed by atoms with Crippen LogP contribution in [0.4, 0.5) is 5.69 Å². The molecule has 0 radical (unpaired) electrons. The van der Waals surface area contributed by atoms with Crippen molar-refractivity contribution in [1.29, 1.82) is 0 Å². The quantitative estimate of drug-likeness (QED) is 0.853. The Hall–Kier alpha value is -2.30. The standard InChI is InChI=1S/C13H16N4O/c1-9-3-5-10(6-4-9)7-15-13(18)12-11(14)8-17(2)16-12/h3-6,8H,7,14H2,1-2H3,(H,15,18). The first kappa shape index (κ1) is 12.2. The second-order valence-electron chi connectivity index (χ2n) is 4.27. The lowest BCUT2D eigenvalue weighted by molar-refractivity contribution is 0.0946. The Labute approximate surface area is 106 Å². The van der Waals surface area contributed by atoms with E-state index in [0.29, 0.717) is 12.2 Å². The molecule has 2 rings (SSSR count). The highest BCUT2D eigenvalue weighted by atomic mass is 16.1. The van der Waals surface area contributed by atoms with Gasteiger partial charge in [-0.1, -0.05) is 29.8 Å². The number of carbonyl (C=O) groups is 1. The number of aromatic nitrogens is 2. The number of aryl methyl sites for hydroxylation is 2. The van der Waals surface area contributed by atoms with Crippen LogP contribution in [0.25, 0.3) is 0 Å². The highest BCUT2D eigenvalue weighted by Crippen LogP contribution is 2.08. The van der Waals surface area contributed by atoms with E-state index in [1.165, 1.54) is 10.2 Å². The van der Waals surface area contributed by atoms with Crippen molar-refractivity contribution in [2.24, 2.45) is 7.05 Å². The van der Waals surface area contributed by atoms with Crippen molar-refractivity contribution >= 4 is 11.6 Å². The van der Waals surface area contributed by atoms with Crippen LogP contribution in [0.1, 0.15) is 21.6 Å². The van der Waals surface area contributed by atoms with Crippen LogP contribution >= 0.6 is 0 Å². The zero-order valence-corrected chi connectivity index (χ0v) is 10.5. The lowest BCUT2D eigenvalue weighted by Crippen LogP contribution is -2.24. The van der Waals surface area contributed by atoms with Crippen LogP contribution in [0, 0.1) is 6.92 Å². The lowest BCUT2D eigenvalue weighted by atomic mass is 10.1. The fourth-order valence-corrected chi connectivity index (χ4v) is 1.66. The molecule has 0 aliphatic carbocycles. The summed E-state index contributed by atoms with van der Waals surface area (Å²) >= 11 is 0. The Kier molecular flexibility index (Phi) is 3.32. The van der Waals surface area contributed by atoms with Crippen molar-refractivity contribution in [3.05, 3.63) is 47.3 Å². The van der Waals surface area contributed by atoms with Gasteiger partial charge in [0.2, 0.25) is 0 Å². The zero-order chi connectivity index (χ0) is 13.1. The minimum atomic E-state index is -0.256. The maximum atomic E-state index is 11.9. The predicted octanol–water partition coefficient (Wildman–Crippen LogP) is 1.24. The fraction of sp³-hybridized carbons (Fsp3) is 0.231. The van der Waals surface area contributed by atoms with E-state index < -0.39 is 0 Å². The number of nitrogens with two attached hydrogens (primary N) is 1. The number of nitrogens with one attached hydrogen (secondary N) is 1. The smallest absolute Gasteiger partial charge is 0.274 e. The molecule has 0 saturated carbocycles. The number of carbonyl (C=O) groups excluding carboxylic acids is 1. The number of hydrogen-bond acceptors (Lipinski definition) is 3. The molecular weight excluding hydrogens is 228 g/mol. The van der Waals surface area contributed by atoms with Gasteiger partial charge in [-0.15, -0.1) is 0 Å². The highest BCUT2D eigenvalue weighted by Gasteiger charge is 2.13. The van der Waals surface area contributed by atoms with Crippen LogP contribution in [0.3, 0.4) is 0 Å². The normalized spacial score (nSPS) is 10.3. The van der Waals surface area contributed by atoms with E-state index in [0.717, 1.165) is 5.56 Å². The summed E-state index contributed by atoms with van der Waals surface area (Å²) < 4.78 is 1.52. The van der Waals surface area contributed by atoms with Gasteiger partial charge in [0.25, 0.3) is 5.91 Å². The van der Waals surface area contributed by atoms with E-state index in [4.69, 9.17) is 5.73 Å². The van der Waals surface area contributed by atoms with Gasteiger partial charge in [0.15, 0.2) is 5.69 Å². The monoisotopic (exact) mass is 244 g/mol. The van der Waals surface area contributed by atoms with Crippen molar-refractivity contribution in [1.82, 2.24) is 15.1 Å². The lowest BCUT2D eigenvalue weighted by Gasteiger charge is -2.04. The summed E-state index contributed by atoms with van der Waals surface area (Å²) in [7, 11) is 1.73. The van der Waals surface area contributed by atoms with Gasteiger partial charge in [-0.25, -0.2) is 0 Å². The molecule has 0 spiro atoms. The van der Waals surface area contributed by atoms with Crippen molar-refractivity contribution in [2.45, 2.75) is 13.5 Å². The summed E-state index contributed by atoms with van der Waals surface area (Å²) in [6.45, 7) is 2.49. The Morgan fingerprint density at radius 3 is 2.61 bits per heavy atom. The molecule has 1 heterocycles. The average molecular weight is 244 g/mol. The van der Waals surface area contributed by atoms with Crippen LogP contribution in [0.15, 0.2) is 30.5 Å². The molecule has 1 amide bonds. The topological polar surface area (TPSA) is 72.9 Å². The third-order valence-corrected chi connectivity index (χ3v) is 2.65. The summed E-state index contributed by atoms with van der Waals surface area (Å²) in [5.74, 6) is -0.256. The minimum Gasteiger partial charge on any atom is -0.396 e. The first-order valence-corrected chi connectivity index (χ1v) is 5.69. The number of anilines is 1. The largest absolute Gasteiger partial charge is 0.396 e. The van der Waals surface area contributed by atoms with Crippen molar-refractivity contribution < 1.29 is 4.79 Å². The maximum absolute atomic E-state index is 11.9. The van der Waals surface area contributed by atoms with Gasteiger partial charge >= 0.3 is 0 Å². The number of rotatable bonds is 3. The molecule has 2 aromatic rings. The first-order chi connectivity index (χ1) is 8.56. The number of hydrogen-bond donors (Lipinski definition) is 2. The summed E-state index contributed by atoms with van der Waals surface area (Å²) in [4.78, 5) is 11.9. The maximum Gasteiger partial charge on any atom is 0.274 e. The minimum absolute atomic E-state index is 0.256. The van der Waals surface area contributed by atoms with Crippen LogP contribution in [0.5, 0.6) is 0 Å². The Balaban J connectivity index is 2.00. The van der Waals surface area contributed by atoms with E-state index in [-0.39, 0.29) is 11.6 Å². The highest BCUT2D eigenvalue weighted by molar-refractivity contribution is 5.96. The molecule has 5 heteroatoms. The van der Waals surface area contributed by atoms with E-state index in [2.05, 4.69) is 10.4 Å². The molecule has 94 valence electrons. The van der Waals surface area contributed by atoms with Gasteiger partial charge in [0.1, 0.15) is 0 Å². The average Bonchev–Trinajstić information content (AvgIpc) is 2.67. The van der Waals surface area contributed by atoms with E-state index in [1.807, 2.05) is 31.2 Å². The van der Waals surface area contributed by atoms with Gasteiger partial charge < -0.3 is 11.1 Å². The molecule has 1 aromatic heterocycles. The van der Waals surface area contributed by atoms with Crippen LogP contribution in [0.2, 0.25) is 0 Å². The van der Waals surface area contributed by atoms with Crippen molar-refractivity contribution in [3.8, 4) is 0 Å². The number of amides is 1. The van der Waals surface area contributed by atoms with E-state index in [1.54, 1.807) is 13.2 Å². The molecule has 3 N–H and O–H groups in total. The number of nitrogens with zero attached hydrogens (tertiary/aromatic N) is 2. The summed E-state index contributed by atoms with van der Waals surface area (Å²) in [5.41, 5.74) is 8.58. The van der Waals surface area contributed by atoms with Crippen LogP contribution < -0.4 is 11.1 Å². The van der Waals surface area contributed by atoms with Crippen molar-refractivity contribution in [3.63, 3.8) is 0 Å². The SMILES string of the molecule is Cc1ccc(CNC(=O)c2nn(C)cc2N)cc1. The number of nitrogen functional groups attached to an aromatic ring is 1. The molecule has 0 atom stereocenters. The van der Waals surface area contributed by atoms with Crippen molar-refractivity contribution in [2.75, 3.05) is 5.73 Å². The molecule has 1 aromatic carbocycles. The third-order valence-electron chi connectivity index (χ3n) is 2.65. The molecule has 0 bridgehead atoms. The molecule has 5 nitrogen and oxygen atoms in total. The van der Waals surface area contributed by atoms with Gasteiger partial charge in [-0.2, -0.15) is 5.10 Å². The van der Waals surface area contributed by atoms with Crippen LogP contribution in [-0.2, 0) is 13.6 Å². The predicted molar refractivity (Wildman–Crippen MR) is 70.0 cm³/mol. The van der Waals surface area contributed by atoms with E-state index >= 15 is 0 Å². The summed E-state index contributed by atoms with van der Waals surface area (Å²) in [5, 5.41) is 6.81. The summed E-state index contributed by atoms with van der Waals surface area (Å²) in [6.07, 6.45) is 1.61. The molecule has 0 aliphatic rings. The second kappa shape index (κ2) is 4.91. The molecule has 0 aliphatic heterocycles. The third kappa shape index (κ3) is 2.68. The molecule has 18 heavy (non-hydrogen) atoms.